The SMILES string of the molecule is CC(C)CN1C(=O)N(CCc2ccccc2)C2(CCN(CC3CC=C(CCCC(C)(C)O)CC3)CC2)C1=O. The average Bonchev–Trinajstić information content (AvgIpc) is 3.06. The molecule has 38 heavy (non-hydrogen) atoms. The lowest BCUT2D eigenvalue weighted by atomic mass is 9.83. The Morgan fingerprint density at radius 3 is 2.39 bits per heavy atom. The van der Waals surface area contributed by atoms with Gasteiger partial charge in [-0.15, -0.1) is 0 Å². The van der Waals surface area contributed by atoms with Crippen molar-refractivity contribution in [1.29, 1.82) is 0 Å². The Hall–Kier alpha value is -2.18. The van der Waals surface area contributed by atoms with E-state index in [9.17, 15) is 14.7 Å². The third kappa shape index (κ3) is 7.06. The topological polar surface area (TPSA) is 64.1 Å². The van der Waals surface area contributed by atoms with Crippen LogP contribution in [0, 0.1) is 11.8 Å². The number of allylic oxidation sites excluding steroid dienone is 2. The van der Waals surface area contributed by atoms with Gasteiger partial charge in [-0.05, 0) is 89.0 Å². The zero-order chi connectivity index (χ0) is 27.3. The van der Waals surface area contributed by atoms with E-state index in [0.717, 1.165) is 64.6 Å². The third-order valence-corrected chi connectivity index (χ3v) is 8.74. The van der Waals surface area contributed by atoms with E-state index < -0.39 is 11.1 Å². The number of amides is 3. The standard InChI is InChI=1S/C32H49N3O3/c1-25(2)23-34-29(36)32(35(30(34)37)20-16-26-9-6-5-7-10-26)18-21-33(22-19-32)24-28-14-12-27(13-15-28)11-8-17-31(3,4)38/h5-7,9-10,12,25,28,38H,8,11,13-24H2,1-4H3. The number of hydrogen-bond donors (Lipinski definition) is 1. The van der Waals surface area contributed by atoms with Crippen LogP contribution < -0.4 is 0 Å². The van der Waals surface area contributed by atoms with Gasteiger partial charge in [0, 0.05) is 32.7 Å². The van der Waals surface area contributed by atoms with Gasteiger partial charge in [-0.2, -0.15) is 0 Å². The Kier molecular flexibility index (Phi) is 9.36. The Morgan fingerprint density at radius 2 is 1.79 bits per heavy atom. The van der Waals surface area contributed by atoms with Gasteiger partial charge in [-0.25, -0.2) is 4.79 Å². The molecule has 4 rings (SSSR count). The predicted molar refractivity (Wildman–Crippen MR) is 153 cm³/mol. The van der Waals surface area contributed by atoms with E-state index in [2.05, 4.69) is 37.0 Å². The quantitative estimate of drug-likeness (QED) is 0.301. The number of hydrogen-bond acceptors (Lipinski definition) is 4. The van der Waals surface area contributed by atoms with Crippen LogP contribution in [0.2, 0.25) is 0 Å². The molecule has 6 heteroatoms. The first-order chi connectivity index (χ1) is 18.1. The normalized spacial score (nSPS) is 22.6. The number of benzene rings is 1. The lowest BCUT2D eigenvalue weighted by molar-refractivity contribution is -0.136. The minimum atomic E-state index is -0.683. The highest BCUT2D eigenvalue weighted by Crippen LogP contribution is 2.38. The fraction of sp³-hybridized carbons (Fsp3) is 0.688. The molecule has 0 radical (unpaired) electrons. The van der Waals surface area contributed by atoms with E-state index in [1.165, 1.54) is 23.3 Å². The Bertz CT molecular complexity index is 973. The molecular weight excluding hydrogens is 474 g/mol. The lowest BCUT2D eigenvalue weighted by Gasteiger charge is -2.43. The van der Waals surface area contributed by atoms with Crippen molar-refractivity contribution >= 4 is 11.9 Å². The molecule has 210 valence electrons. The summed E-state index contributed by atoms with van der Waals surface area (Å²) in [6.07, 6.45) is 11.2. The number of rotatable bonds is 11. The van der Waals surface area contributed by atoms with E-state index in [0.29, 0.717) is 19.0 Å². The van der Waals surface area contributed by atoms with Gasteiger partial charge in [0.1, 0.15) is 5.54 Å². The Balaban J connectivity index is 1.34. The predicted octanol–water partition coefficient (Wildman–Crippen LogP) is 5.65. The highest BCUT2D eigenvalue weighted by molar-refractivity contribution is 6.07. The summed E-state index contributed by atoms with van der Waals surface area (Å²) >= 11 is 0. The summed E-state index contributed by atoms with van der Waals surface area (Å²) in [6.45, 7) is 11.8. The van der Waals surface area contributed by atoms with Gasteiger partial charge in [0.25, 0.3) is 5.91 Å². The zero-order valence-corrected chi connectivity index (χ0v) is 24.1. The number of carbonyl (C=O) groups excluding carboxylic acids is 2. The van der Waals surface area contributed by atoms with Crippen molar-refractivity contribution in [3.05, 3.63) is 47.5 Å². The van der Waals surface area contributed by atoms with Crippen molar-refractivity contribution in [1.82, 2.24) is 14.7 Å². The lowest BCUT2D eigenvalue weighted by Crippen LogP contribution is -2.57. The summed E-state index contributed by atoms with van der Waals surface area (Å²) in [6, 6.07) is 10.2. The second-order valence-electron chi connectivity index (χ2n) is 13.0. The summed E-state index contributed by atoms with van der Waals surface area (Å²) in [5.41, 5.74) is 1.50. The van der Waals surface area contributed by atoms with Crippen molar-refractivity contribution in [3.63, 3.8) is 0 Å². The molecule has 3 aliphatic rings. The monoisotopic (exact) mass is 523 g/mol. The summed E-state index contributed by atoms with van der Waals surface area (Å²) in [7, 11) is 0. The fourth-order valence-electron chi connectivity index (χ4n) is 6.54. The Morgan fingerprint density at radius 1 is 1.08 bits per heavy atom. The van der Waals surface area contributed by atoms with E-state index in [1.54, 1.807) is 5.57 Å². The molecule has 6 nitrogen and oxygen atoms in total. The maximum Gasteiger partial charge on any atom is 0.327 e. The largest absolute Gasteiger partial charge is 0.390 e. The molecule has 0 aromatic heterocycles. The van der Waals surface area contributed by atoms with Crippen LogP contribution in [-0.2, 0) is 11.2 Å². The van der Waals surface area contributed by atoms with Crippen LogP contribution in [0.25, 0.3) is 0 Å². The van der Waals surface area contributed by atoms with Gasteiger partial charge in [0.15, 0.2) is 0 Å². The molecule has 1 aromatic rings. The van der Waals surface area contributed by atoms with Crippen molar-refractivity contribution < 1.29 is 14.7 Å². The van der Waals surface area contributed by atoms with E-state index in [-0.39, 0.29) is 17.9 Å². The van der Waals surface area contributed by atoms with Gasteiger partial charge in [-0.3, -0.25) is 9.69 Å². The second kappa shape index (κ2) is 12.3. The molecule has 1 unspecified atom stereocenters. The molecule has 1 spiro atoms. The van der Waals surface area contributed by atoms with Crippen LogP contribution in [-0.4, -0.2) is 75.6 Å². The van der Waals surface area contributed by atoms with Crippen molar-refractivity contribution in [2.24, 2.45) is 11.8 Å². The number of piperidine rings is 1. The second-order valence-corrected chi connectivity index (χ2v) is 13.0. The molecule has 2 aliphatic heterocycles. The van der Waals surface area contributed by atoms with Crippen molar-refractivity contribution in [2.75, 3.05) is 32.7 Å². The van der Waals surface area contributed by atoms with Crippen LogP contribution in [0.15, 0.2) is 42.0 Å². The van der Waals surface area contributed by atoms with Gasteiger partial charge in [-0.1, -0.05) is 55.8 Å². The van der Waals surface area contributed by atoms with Crippen LogP contribution >= 0.6 is 0 Å². The molecule has 1 aromatic carbocycles. The minimum Gasteiger partial charge on any atom is -0.390 e. The van der Waals surface area contributed by atoms with E-state index in [4.69, 9.17) is 0 Å². The Labute approximate surface area is 230 Å². The smallest absolute Gasteiger partial charge is 0.327 e. The summed E-state index contributed by atoms with van der Waals surface area (Å²) < 4.78 is 0. The van der Waals surface area contributed by atoms with Crippen molar-refractivity contribution in [3.8, 4) is 0 Å². The first-order valence-electron chi connectivity index (χ1n) is 14.9. The highest BCUT2D eigenvalue weighted by Gasteiger charge is 2.57. The third-order valence-electron chi connectivity index (χ3n) is 8.74. The molecule has 1 atom stereocenters. The molecule has 2 fully saturated rings. The van der Waals surface area contributed by atoms with Gasteiger partial charge >= 0.3 is 6.03 Å². The first kappa shape index (κ1) is 28.8. The maximum absolute atomic E-state index is 13.8. The summed E-state index contributed by atoms with van der Waals surface area (Å²) in [5, 5.41) is 9.96. The van der Waals surface area contributed by atoms with Gasteiger partial charge < -0.3 is 14.9 Å². The molecule has 0 saturated carbocycles. The number of imide groups is 1. The number of likely N-dealkylation sites (tertiary alicyclic amines) is 1. The van der Waals surface area contributed by atoms with E-state index >= 15 is 0 Å². The van der Waals surface area contributed by atoms with Gasteiger partial charge in [0.2, 0.25) is 0 Å². The van der Waals surface area contributed by atoms with Gasteiger partial charge in [0.05, 0.1) is 5.60 Å². The number of nitrogens with zero attached hydrogens (tertiary/aromatic N) is 3. The molecular formula is C32H49N3O3. The van der Waals surface area contributed by atoms with Crippen LogP contribution in [0.5, 0.6) is 0 Å². The zero-order valence-electron chi connectivity index (χ0n) is 24.1. The average molecular weight is 524 g/mol. The summed E-state index contributed by atoms with van der Waals surface area (Å²) in [5.74, 6) is 0.948. The molecule has 1 aliphatic carbocycles. The van der Waals surface area contributed by atoms with Crippen LogP contribution in [0.1, 0.15) is 84.6 Å². The van der Waals surface area contributed by atoms with E-state index in [1.807, 2.05) is 36.9 Å². The fourth-order valence-corrected chi connectivity index (χ4v) is 6.54. The highest BCUT2D eigenvalue weighted by atomic mass is 16.3. The van der Waals surface area contributed by atoms with Crippen LogP contribution in [0.3, 0.4) is 0 Å². The number of aliphatic hydroxyl groups is 1. The van der Waals surface area contributed by atoms with Crippen molar-refractivity contribution in [2.45, 2.75) is 96.6 Å². The van der Waals surface area contributed by atoms with Crippen LogP contribution in [0.4, 0.5) is 4.79 Å². The molecule has 0 bridgehead atoms. The number of urea groups is 1. The number of carbonyl (C=O) groups is 2. The minimum absolute atomic E-state index is 0.0280. The molecule has 1 N–H and O–H groups in total. The maximum atomic E-state index is 13.8. The molecule has 2 saturated heterocycles. The first-order valence-corrected chi connectivity index (χ1v) is 14.9. The summed E-state index contributed by atoms with van der Waals surface area (Å²) in [4.78, 5) is 33.2. The molecule has 2 heterocycles. The molecule has 3 amide bonds.